The number of aryl methyl sites for hydroxylation is 2. The normalized spacial score (nSPS) is 11.9. The van der Waals surface area contributed by atoms with Gasteiger partial charge >= 0.3 is 5.97 Å². The van der Waals surface area contributed by atoms with Crippen LogP contribution in [0.15, 0.2) is 42.5 Å². The molecule has 0 spiro atoms. The van der Waals surface area contributed by atoms with Crippen LogP contribution in [0.3, 0.4) is 0 Å². The maximum Gasteiger partial charge on any atom is 0.339 e. The number of carbonyl (C=O) groups excluding carboxylic acids is 1. The summed E-state index contributed by atoms with van der Waals surface area (Å²) in [6, 6.07) is 13.2. The van der Waals surface area contributed by atoms with Gasteiger partial charge in [0, 0.05) is 5.69 Å². The number of ether oxygens (including phenoxy) is 1. The molecule has 104 valence electrons. The summed E-state index contributed by atoms with van der Waals surface area (Å²) in [6.45, 7) is 5.67. The van der Waals surface area contributed by atoms with Crippen LogP contribution in [0.4, 0.5) is 5.69 Å². The smallest absolute Gasteiger partial charge is 0.339 e. The number of carbonyl (C=O) groups is 1. The molecular formula is C17H19NO2. The molecule has 0 radical (unpaired) electrons. The Labute approximate surface area is 119 Å². The highest BCUT2D eigenvalue weighted by Gasteiger charge is 2.16. The topological polar surface area (TPSA) is 52.3 Å². The van der Waals surface area contributed by atoms with E-state index in [0.717, 1.165) is 16.7 Å². The van der Waals surface area contributed by atoms with Crippen LogP contribution >= 0.6 is 0 Å². The van der Waals surface area contributed by atoms with Crippen molar-refractivity contribution in [2.75, 3.05) is 5.73 Å². The first-order chi connectivity index (χ1) is 9.49. The molecule has 0 aliphatic carbocycles. The van der Waals surface area contributed by atoms with Gasteiger partial charge in [0.2, 0.25) is 0 Å². The molecule has 2 aromatic rings. The summed E-state index contributed by atoms with van der Waals surface area (Å²) in [4.78, 5) is 12.2. The number of nitrogen functional groups attached to an aromatic ring is 1. The van der Waals surface area contributed by atoms with Gasteiger partial charge in [0.15, 0.2) is 0 Å². The first-order valence-corrected chi connectivity index (χ1v) is 6.61. The van der Waals surface area contributed by atoms with Gasteiger partial charge in [0.05, 0.1) is 5.56 Å². The molecule has 0 aliphatic rings. The maximum absolute atomic E-state index is 12.2. The van der Waals surface area contributed by atoms with Crippen molar-refractivity contribution < 1.29 is 9.53 Å². The van der Waals surface area contributed by atoms with Crippen LogP contribution in [0, 0.1) is 13.8 Å². The highest BCUT2D eigenvalue weighted by molar-refractivity contribution is 5.92. The molecule has 0 aromatic heterocycles. The van der Waals surface area contributed by atoms with Gasteiger partial charge in [-0.3, -0.25) is 0 Å². The van der Waals surface area contributed by atoms with E-state index in [0.29, 0.717) is 11.3 Å². The van der Waals surface area contributed by atoms with E-state index in [1.54, 1.807) is 6.07 Å². The molecule has 0 bridgehead atoms. The minimum Gasteiger partial charge on any atom is -0.454 e. The lowest BCUT2D eigenvalue weighted by Gasteiger charge is -2.15. The lowest BCUT2D eigenvalue weighted by molar-refractivity contribution is 0.0337. The summed E-state index contributed by atoms with van der Waals surface area (Å²) >= 11 is 0. The maximum atomic E-state index is 12.2. The monoisotopic (exact) mass is 269 g/mol. The van der Waals surface area contributed by atoms with Gasteiger partial charge in [-0.05, 0) is 43.5 Å². The third kappa shape index (κ3) is 2.99. The number of nitrogens with two attached hydrogens (primary N) is 1. The van der Waals surface area contributed by atoms with Crippen molar-refractivity contribution in [3.8, 4) is 0 Å². The van der Waals surface area contributed by atoms with E-state index in [-0.39, 0.29) is 12.1 Å². The molecule has 0 fully saturated rings. The van der Waals surface area contributed by atoms with E-state index >= 15 is 0 Å². The van der Waals surface area contributed by atoms with E-state index in [1.165, 1.54) is 0 Å². The molecule has 2 rings (SSSR count). The second-order valence-electron chi connectivity index (χ2n) is 4.98. The largest absolute Gasteiger partial charge is 0.454 e. The minimum absolute atomic E-state index is 0.286. The van der Waals surface area contributed by atoms with Crippen LogP contribution in [-0.2, 0) is 4.74 Å². The Bertz CT molecular complexity index is 620. The van der Waals surface area contributed by atoms with Crippen molar-refractivity contribution in [3.63, 3.8) is 0 Å². The van der Waals surface area contributed by atoms with Gasteiger partial charge < -0.3 is 10.5 Å². The van der Waals surface area contributed by atoms with Crippen LogP contribution < -0.4 is 5.73 Å². The van der Waals surface area contributed by atoms with Crippen LogP contribution in [0.1, 0.15) is 40.1 Å². The molecule has 2 N–H and O–H groups in total. The zero-order chi connectivity index (χ0) is 14.7. The molecule has 3 nitrogen and oxygen atoms in total. The van der Waals surface area contributed by atoms with Crippen molar-refractivity contribution in [2.24, 2.45) is 0 Å². The van der Waals surface area contributed by atoms with Crippen LogP contribution in [0.25, 0.3) is 0 Å². The number of esters is 1. The summed E-state index contributed by atoms with van der Waals surface area (Å²) in [6.07, 6.45) is -0.286. The molecule has 1 atom stereocenters. The molecule has 2 aromatic carbocycles. The Morgan fingerprint density at radius 3 is 2.40 bits per heavy atom. The Morgan fingerprint density at radius 1 is 1.10 bits per heavy atom. The molecule has 20 heavy (non-hydrogen) atoms. The third-order valence-electron chi connectivity index (χ3n) is 3.39. The first-order valence-electron chi connectivity index (χ1n) is 6.61. The van der Waals surface area contributed by atoms with Crippen LogP contribution in [0.2, 0.25) is 0 Å². The molecule has 3 heteroatoms. The van der Waals surface area contributed by atoms with Crippen LogP contribution in [0.5, 0.6) is 0 Å². The number of rotatable bonds is 3. The Kier molecular flexibility index (Phi) is 4.08. The fourth-order valence-corrected chi connectivity index (χ4v) is 2.11. The van der Waals surface area contributed by atoms with Gasteiger partial charge in [0.25, 0.3) is 0 Å². The van der Waals surface area contributed by atoms with Gasteiger partial charge in [-0.25, -0.2) is 4.79 Å². The molecule has 0 aliphatic heterocycles. The average molecular weight is 269 g/mol. The van der Waals surface area contributed by atoms with E-state index in [2.05, 4.69) is 0 Å². The van der Waals surface area contributed by atoms with Gasteiger partial charge in [0.1, 0.15) is 6.10 Å². The highest BCUT2D eigenvalue weighted by Crippen LogP contribution is 2.22. The average Bonchev–Trinajstić information content (AvgIpc) is 2.43. The van der Waals surface area contributed by atoms with E-state index in [4.69, 9.17) is 10.5 Å². The summed E-state index contributed by atoms with van der Waals surface area (Å²) in [5, 5.41) is 0. The summed E-state index contributed by atoms with van der Waals surface area (Å²) < 4.78 is 5.50. The van der Waals surface area contributed by atoms with E-state index in [1.807, 2.05) is 57.2 Å². The number of anilines is 1. The van der Waals surface area contributed by atoms with Crippen molar-refractivity contribution in [2.45, 2.75) is 26.9 Å². The fraction of sp³-hybridized carbons (Fsp3) is 0.235. The lowest BCUT2D eigenvalue weighted by atomic mass is 10.0. The molecular weight excluding hydrogens is 250 g/mol. The summed E-state index contributed by atoms with van der Waals surface area (Å²) in [5.41, 5.74) is 9.81. The fourth-order valence-electron chi connectivity index (χ4n) is 2.11. The third-order valence-corrected chi connectivity index (χ3v) is 3.39. The number of benzene rings is 2. The second kappa shape index (κ2) is 5.78. The molecule has 0 amide bonds. The van der Waals surface area contributed by atoms with Gasteiger partial charge in [-0.2, -0.15) is 0 Å². The molecule has 1 unspecified atom stereocenters. The zero-order valence-corrected chi connectivity index (χ0v) is 12.0. The molecule has 0 saturated heterocycles. The van der Waals surface area contributed by atoms with Gasteiger partial charge in [-0.1, -0.05) is 36.4 Å². The first kappa shape index (κ1) is 14.1. The predicted octanol–water partition coefficient (Wildman–Crippen LogP) is 3.80. The molecule has 0 saturated carbocycles. The van der Waals surface area contributed by atoms with Crippen molar-refractivity contribution in [1.82, 2.24) is 0 Å². The highest BCUT2D eigenvalue weighted by atomic mass is 16.5. The number of hydrogen-bond donors (Lipinski definition) is 1. The molecule has 0 heterocycles. The van der Waals surface area contributed by atoms with E-state index < -0.39 is 0 Å². The second-order valence-corrected chi connectivity index (χ2v) is 4.98. The van der Waals surface area contributed by atoms with Crippen LogP contribution in [-0.4, -0.2) is 5.97 Å². The Hall–Kier alpha value is -2.29. The Balaban J connectivity index is 2.19. The minimum atomic E-state index is -0.342. The quantitative estimate of drug-likeness (QED) is 0.681. The lowest BCUT2D eigenvalue weighted by Crippen LogP contribution is -2.11. The predicted molar refractivity (Wildman–Crippen MR) is 80.6 cm³/mol. The Morgan fingerprint density at radius 2 is 1.75 bits per heavy atom. The van der Waals surface area contributed by atoms with Crippen molar-refractivity contribution >= 4 is 11.7 Å². The summed E-state index contributed by atoms with van der Waals surface area (Å²) in [5.74, 6) is -0.342. The van der Waals surface area contributed by atoms with Gasteiger partial charge in [-0.15, -0.1) is 0 Å². The zero-order valence-electron chi connectivity index (χ0n) is 12.0. The van der Waals surface area contributed by atoms with Crippen molar-refractivity contribution in [1.29, 1.82) is 0 Å². The SMILES string of the molecule is Cc1cc(C)c(C(=O)OC(C)c2ccccc2)cc1N. The standard InChI is InChI=1S/C17H19NO2/c1-11-9-12(2)16(18)10-15(11)17(19)20-13(3)14-7-5-4-6-8-14/h4-10,13H,18H2,1-3H3. The van der Waals surface area contributed by atoms with E-state index in [9.17, 15) is 4.79 Å². The summed E-state index contributed by atoms with van der Waals surface area (Å²) in [7, 11) is 0. The number of hydrogen-bond acceptors (Lipinski definition) is 3. The van der Waals surface area contributed by atoms with Crippen molar-refractivity contribution in [3.05, 3.63) is 64.7 Å².